The number of benzene rings is 1. The standard InChI is InChI=1S/C18H23N3O3/c1-21(18(23)17-10-14(22)12-19-17)9-5-8-15-11-16(20-24-15)13-6-3-2-4-7-13/h2-4,6-7,11,14,17,19,22H,5,8-10,12H2,1H3/t14-,17-/m1/s1. The fraction of sp³-hybridized carbons (Fsp3) is 0.444. The third-order valence-electron chi connectivity index (χ3n) is 4.33. The first-order chi connectivity index (χ1) is 11.6. The van der Waals surface area contributed by atoms with Crippen molar-refractivity contribution in [2.75, 3.05) is 20.1 Å². The van der Waals surface area contributed by atoms with Gasteiger partial charge < -0.3 is 19.8 Å². The molecule has 0 spiro atoms. The van der Waals surface area contributed by atoms with Crippen LogP contribution in [-0.4, -0.2) is 53.4 Å². The van der Waals surface area contributed by atoms with E-state index in [1.54, 1.807) is 11.9 Å². The van der Waals surface area contributed by atoms with Crippen molar-refractivity contribution in [3.05, 3.63) is 42.2 Å². The van der Waals surface area contributed by atoms with Crippen molar-refractivity contribution in [2.24, 2.45) is 0 Å². The number of aliphatic hydroxyl groups is 1. The van der Waals surface area contributed by atoms with Crippen molar-refractivity contribution >= 4 is 5.91 Å². The van der Waals surface area contributed by atoms with Crippen LogP contribution in [0.15, 0.2) is 40.9 Å². The zero-order valence-corrected chi connectivity index (χ0v) is 13.8. The molecule has 1 aromatic carbocycles. The largest absolute Gasteiger partial charge is 0.392 e. The molecule has 0 radical (unpaired) electrons. The maximum atomic E-state index is 12.2. The van der Waals surface area contributed by atoms with Crippen LogP contribution in [0, 0.1) is 0 Å². The van der Waals surface area contributed by atoms with Crippen LogP contribution in [0.2, 0.25) is 0 Å². The topological polar surface area (TPSA) is 78.6 Å². The molecule has 6 nitrogen and oxygen atoms in total. The molecule has 128 valence electrons. The average molecular weight is 329 g/mol. The van der Waals surface area contributed by atoms with Gasteiger partial charge in [-0.15, -0.1) is 0 Å². The van der Waals surface area contributed by atoms with E-state index in [1.165, 1.54) is 0 Å². The van der Waals surface area contributed by atoms with E-state index in [0.29, 0.717) is 19.5 Å². The molecule has 1 aliphatic heterocycles. The van der Waals surface area contributed by atoms with Gasteiger partial charge in [0.15, 0.2) is 0 Å². The maximum absolute atomic E-state index is 12.2. The third kappa shape index (κ3) is 4.01. The van der Waals surface area contributed by atoms with Crippen molar-refractivity contribution in [1.29, 1.82) is 0 Å². The molecule has 2 aromatic rings. The number of likely N-dealkylation sites (N-methyl/N-ethyl adjacent to an activating group) is 1. The second kappa shape index (κ2) is 7.59. The Balaban J connectivity index is 1.46. The second-order valence-electron chi connectivity index (χ2n) is 6.26. The van der Waals surface area contributed by atoms with Gasteiger partial charge in [-0.1, -0.05) is 35.5 Å². The van der Waals surface area contributed by atoms with Gasteiger partial charge in [-0.3, -0.25) is 4.79 Å². The van der Waals surface area contributed by atoms with Crippen molar-refractivity contribution in [2.45, 2.75) is 31.4 Å². The number of hydrogen-bond acceptors (Lipinski definition) is 5. The van der Waals surface area contributed by atoms with Crippen LogP contribution in [-0.2, 0) is 11.2 Å². The molecule has 6 heteroatoms. The van der Waals surface area contributed by atoms with E-state index < -0.39 is 6.10 Å². The van der Waals surface area contributed by atoms with Crippen LogP contribution >= 0.6 is 0 Å². The number of carbonyl (C=O) groups excluding carboxylic acids is 1. The molecule has 0 bridgehead atoms. The third-order valence-corrected chi connectivity index (χ3v) is 4.33. The molecule has 0 saturated carbocycles. The van der Waals surface area contributed by atoms with Crippen LogP contribution < -0.4 is 5.32 Å². The molecule has 0 aliphatic carbocycles. The second-order valence-corrected chi connectivity index (χ2v) is 6.26. The van der Waals surface area contributed by atoms with Gasteiger partial charge in [0.1, 0.15) is 11.5 Å². The van der Waals surface area contributed by atoms with Gasteiger partial charge in [0.2, 0.25) is 5.91 Å². The van der Waals surface area contributed by atoms with Crippen LogP contribution in [0.1, 0.15) is 18.6 Å². The molecule has 2 atom stereocenters. The fourth-order valence-corrected chi connectivity index (χ4v) is 2.95. The highest BCUT2D eigenvalue weighted by Gasteiger charge is 2.29. The summed E-state index contributed by atoms with van der Waals surface area (Å²) in [4.78, 5) is 14.0. The van der Waals surface area contributed by atoms with E-state index >= 15 is 0 Å². The molecule has 1 amide bonds. The Morgan fingerprint density at radius 1 is 1.42 bits per heavy atom. The number of β-amino-alcohol motifs (C(OH)–C–C–N with tert-alkyl or cyclic N) is 1. The summed E-state index contributed by atoms with van der Waals surface area (Å²) in [6, 6.07) is 11.6. The van der Waals surface area contributed by atoms with Crippen LogP contribution in [0.3, 0.4) is 0 Å². The van der Waals surface area contributed by atoms with E-state index in [-0.39, 0.29) is 11.9 Å². The number of carbonyl (C=O) groups is 1. The Hall–Kier alpha value is -2.18. The summed E-state index contributed by atoms with van der Waals surface area (Å²) < 4.78 is 5.38. The lowest BCUT2D eigenvalue weighted by Gasteiger charge is -2.20. The summed E-state index contributed by atoms with van der Waals surface area (Å²) in [5.41, 5.74) is 1.87. The van der Waals surface area contributed by atoms with Crippen molar-refractivity contribution in [3.63, 3.8) is 0 Å². The van der Waals surface area contributed by atoms with Crippen LogP contribution in [0.4, 0.5) is 0 Å². The van der Waals surface area contributed by atoms with Gasteiger partial charge in [0.05, 0.1) is 12.1 Å². The number of aromatic nitrogens is 1. The molecule has 3 rings (SSSR count). The summed E-state index contributed by atoms with van der Waals surface area (Å²) >= 11 is 0. The highest BCUT2D eigenvalue weighted by Crippen LogP contribution is 2.19. The van der Waals surface area contributed by atoms with E-state index in [2.05, 4.69) is 10.5 Å². The normalized spacial score (nSPS) is 20.2. The van der Waals surface area contributed by atoms with E-state index in [4.69, 9.17) is 4.52 Å². The number of nitrogens with zero attached hydrogens (tertiary/aromatic N) is 2. The highest BCUT2D eigenvalue weighted by molar-refractivity contribution is 5.82. The number of amides is 1. The summed E-state index contributed by atoms with van der Waals surface area (Å²) in [6.45, 7) is 1.14. The molecule has 1 aromatic heterocycles. The predicted octanol–water partition coefficient (Wildman–Crippen LogP) is 1.46. The monoisotopic (exact) mass is 329 g/mol. The Morgan fingerprint density at radius 3 is 2.92 bits per heavy atom. The fourth-order valence-electron chi connectivity index (χ4n) is 2.95. The van der Waals surface area contributed by atoms with Crippen molar-refractivity contribution < 1.29 is 14.4 Å². The maximum Gasteiger partial charge on any atom is 0.239 e. The van der Waals surface area contributed by atoms with Crippen molar-refractivity contribution in [1.82, 2.24) is 15.4 Å². The Kier molecular flexibility index (Phi) is 5.27. The number of hydrogen-bond donors (Lipinski definition) is 2. The molecule has 2 N–H and O–H groups in total. The molecule has 1 aliphatic rings. The van der Waals surface area contributed by atoms with Gasteiger partial charge in [-0.05, 0) is 12.8 Å². The highest BCUT2D eigenvalue weighted by atomic mass is 16.5. The predicted molar refractivity (Wildman–Crippen MR) is 90.3 cm³/mol. The quantitative estimate of drug-likeness (QED) is 0.839. The molecular weight excluding hydrogens is 306 g/mol. The summed E-state index contributed by atoms with van der Waals surface area (Å²) in [6.07, 6.45) is 1.61. The zero-order valence-electron chi connectivity index (χ0n) is 13.8. The van der Waals surface area contributed by atoms with Gasteiger partial charge >= 0.3 is 0 Å². The Morgan fingerprint density at radius 2 is 2.21 bits per heavy atom. The minimum atomic E-state index is -0.419. The smallest absolute Gasteiger partial charge is 0.239 e. The molecule has 0 unspecified atom stereocenters. The first-order valence-corrected chi connectivity index (χ1v) is 8.31. The van der Waals surface area contributed by atoms with Gasteiger partial charge in [-0.2, -0.15) is 0 Å². The van der Waals surface area contributed by atoms with E-state index in [9.17, 15) is 9.90 Å². The lowest BCUT2D eigenvalue weighted by molar-refractivity contribution is -0.132. The lowest BCUT2D eigenvalue weighted by atomic mass is 10.1. The van der Waals surface area contributed by atoms with E-state index in [0.717, 1.165) is 29.9 Å². The minimum Gasteiger partial charge on any atom is -0.392 e. The number of rotatable bonds is 6. The summed E-state index contributed by atoms with van der Waals surface area (Å²) in [5.74, 6) is 0.859. The average Bonchev–Trinajstić information content (AvgIpc) is 3.24. The molecule has 1 fully saturated rings. The number of aliphatic hydroxyl groups excluding tert-OH is 1. The zero-order chi connectivity index (χ0) is 16.9. The lowest BCUT2D eigenvalue weighted by Crippen LogP contribution is -2.42. The number of nitrogens with one attached hydrogen (secondary N) is 1. The van der Waals surface area contributed by atoms with E-state index in [1.807, 2.05) is 36.4 Å². The minimum absolute atomic E-state index is 0.0362. The summed E-state index contributed by atoms with van der Waals surface area (Å²) in [5, 5.41) is 16.6. The molecule has 2 heterocycles. The summed E-state index contributed by atoms with van der Waals surface area (Å²) in [7, 11) is 1.80. The van der Waals surface area contributed by atoms with Gasteiger partial charge in [0, 0.05) is 38.2 Å². The van der Waals surface area contributed by atoms with Crippen molar-refractivity contribution in [3.8, 4) is 11.3 Å². The molecule has 1 saturated heterocycles. The first-order valence-electron chi connectivity index (χ1n) is 8.31. The first kappa shape index (κ1) is 16.7. The van der Waals surface area contributed by atoms with Gasteiger partial charge in [0.25, 0.3) is 0 Å². The van der Waals surface area contributed by atoms with Crippen LogP contribution in [0.25, 0.3) is 11.3 Å². The van der Waals surface area contributed by atoms with Crippen LogP contribution in [0.5, 0.6) is 0 Å². The molecule has 24 heavy (non-hydrogen) atoms. The Labute approximate surface area is 141 Å². The number of aryl methyl sites for hydroxylation is 1. The SMILES string of the molecule is CN(CCCc1cc(-c2ccccc2)no1)C(=O)[C@H]1C[C@@H](O)CN1. The Bertz CT molecular complexity index is 671. The molecular formula is C18H23N3O3. The van der Waals surface area contributed by atoms with Gasteiger partial charge in [-0.25, -0.2) is 0 Å².